The molecule has 4 aliphatic carbocycles. The zero-order chi connectivity index (χ0) is 16.4. The van der Waals surface area contributed by atoms with Crippen LogP contribution in [0.5, 0.6) is 0 Å². The van der Waals surface area contributed by atoms with Gasteiger partial charge in [-0.1, -0.05) is 25.5 Å². The number of aliphatic hydroxyl groups is 1. The molecule has 0 bridgehead atoms. The maximum absolute atomic E-state index is 12.1. The van der Waals surface area contributed by atoms with Crippen LogP contribution in [-0.4, -0.2) is 17.0 Å². The first kappa shape index (κ1) is 15.9. The first-order chi connectivity index (χ1) is 10.9. The number of Topliss-reactive ketones (excluding diaryl/α,β-unsaturated/α-hetero) is 1. The molecule has 7 atom stereocenters. The third-order valence-electron chi connectivity index (χ3n) is 8.49. The van der Waals surface area contributed by atoms with Crippen molar-refractivity contribution in [2.75, 3.05) is 0 Å². The van der Waals surface area contributed by atoms with Gasteiger partial charge >= 0.3 is 0 Å². The first-order valence-electron chi connectivity index (χ1n) is 9.75. The third-order valence-corrected chi connectivity index (χ3v) is 8.49. The van der Waals surface area contributed by atoms with E-state index in [9.17, 15) is 9.90 Å². The average molecular weight is 316 g/mol. The van der Waals surface area contributed by atoms with Crippen molar-refractivity contribution in [2.45, 2.75) is 78.2 Å². The summed E-state index contributed by atoms with van der Waals surface area (Å²) < 4.78 is 0. The van der Waals surface area contributed by atoms with E-state index in [1.165, 1.54) is 19.3 Å². The molecule has 0 heterocycles. The van der Waals surface area contributed by atoms with Gasteiger partial charge in [-0.15, -0.1) is 0 Å². The molecule has 0 amide bonds. The number of fused-ring (bicyclic) bond motifs is 5. The maximum Gasteiger partial charge on any atom is 0.133 e. The number of rotatable bonds is 1. The van der Waals surface area contributed by atoms with E-state index in [4.69, 9.17) is 0 Å². The van der Waals surface area contributed by atoms with E-state index in [1.54, 1.807) is 12.5 Å². The molecule has 0 aliphatic heterocycles. The minimum atomic E-state index is -0.0762. The fraction of sp³-hybridized carbons (Fsp3) is 0.857. The van der Waals surface area contributed by atoms with Crippen LogP contribution in [0.2, 0.25) is 0 Å². The summed E-state index contributed by atoms with van der Waals surface area (Å²) in [5, 5.41) is 10.1. The zero-order valence-electron chi connectivity index (χ0n) is 15.0. The first-order valence-corrected chi connectivity index (χ1v) is 9.75. The SMILES string of the molecule is CC(=O)[C@H]1CC[C@H]2[C@@H]3CC[C@H]4C[C@H](O)CC[C@]4(C)C3=CC[C@]12C. The van der Waals surface area contributed by atoms with Gasteiger partial charge in [-0.3, -0.25) is 4.79 Å². The molecule has 3 saturated carbocycles. The van der Waals surface area contributed by atoms with E-state index < -0.39 is 0 Å². The van der Waals surface area contributed by atoms with Gasteiger partial charge in [-0.25, -0.2) is 0 Å². The summed E-state index contributed by atoms with van der Waals surface area (Å²) in [5.41, 5.74) is 2.24. The number of carbonyl (C=O) groups is 1. The maximum atomic E-state index is 12.1. The van der Waals surface area contributed by atoms with Gasteiger partial charge in [0.05, 0.1) is 6.10 Å². The van der Waals surface area contributed by atoms with Gasteiger partial charge in [0, 0.05) is 5.92 Å². The molecule has 1 N–H and O–H groups in total. The summed E-state index contributed by atoms with van der Waals surface area (Å²) in [7, 11) is 0. The summed E-state index contributed by atoms with van der Waals surface area (Å²) in [6.07, 6.45) is 11.6. The lowest BCUT2D eigenvalue weighted by Gasteiger charge is -2.56. The van der Waals surface area contributed by atoms with Crippen LogP contribution < -0.4 is 0 Å². The van der Waals surface area contributed by atoms with Crippen molar-refractivity contribution in [3.8, 4) is 0 Å². The lowest BCUT2D eigenvalue weighted by Crippen LogP contribution is -2.48. The van der Waals surface area contributed by atoms with Crippen LogP contribution >= 0.6 is 0 Å². The van der Waals surface area contributed by atoms with E-state index in [0.29, 0.717) is 29.0 Å². The second kappa shape index (κ2) is 5.18. The third kappa shape index (κ3) is 2.13. The highest BCUT2D eigenvalue weighted by atomic mass is 16.3. The van der Waals surface area contributed by atoms with Crippen LogP contribution in [0.1, 0.15) is 72.1 Å². The normalized spacial score (nSPS) is 52.2. The summed E-state index contributed by atoms with van der Waals surface area (Å²) in [6, 6.07) is 0. The van der Waals surface area contributed by atoms with Crippen molar-refractivity contribution >= 4 is 5.78 Å². The molecular weight excluding hydrogens is 284 g/mol. The van der Waals surface area contributed by atoms with Crippen LogP contribution in [0.15, 0.2) is 11.6 Å². The van der Waals surface area contributed by atoms with E-state index in [2.05, 4.69) is 19.9 Å². The van der Waals surface area contributed by atoms with Crippen LogP contribution in [0.4, 0.5) is 0 Å². The molecule has 4 aliphatic rings. The van der Waals surface area contributed by atoms with Gasteiger partial charge in [-0.2, -0.15) is 0 Å². The van der Waals surface area contributed by atoms with Gasteiger partial charge in [-0.05, 0) is 86.9 Å². The Kier molecular flexibility index (Phi) is 3.58. The van der Waals surface area contributed by atoms with Crippen molar-refractivity contribution < 1.29 is 9.90 Å². The zero-order valence-corrected chi connectivity index (χ0v) is 15.0. The molecule has 0 aromatic heterocycles. The molecule has 3 fully saturated rings. The summed E-state index contributed by atoms with van der Waals surface area (Å²) in [5.74, 6) is 2.77. The Hall–Kier alpha value is -0.630. The van der Waals surface area contributed by atoms with E-state index in [-0.39, 0.29) is 17.4 Å². The number of ketones is 1. The van der Waals surface area contributed by atoms with E-state index >= 15 is 0 Å². The van der Waals surface area contributed by atoms with E-state index in [1.807, 2.05) is 0 Å². The average Bonchev–Trinajstić information content (AvgIpc) is 2.85. The summed E-state index contributed by atoms with van der Waals surface area (Å²) in [6.45, 7) is 6.67. The molecule has 128 valence electrons. The summed E-state index contributed by atoms with van der Waals surface area (Å²) >= 11 is 0. The Morgan fingerprint density at radius 3 is 2.70 bits per heavy atom. The summed E-state index contributed by atoms with van der Waals surface area (Å²) in [4.78, 5) is 12.1. The van der Waals surface area contributed by atoms with Crippen molar-refractivity contribution in [3.05, 3.63) is 11.6 Å². The van der Waals surface area contributed by atoms with Gasteiger partial charge < -0.3 is 5.11 Å². The Morgan fingerprint density at radius 1 is 1.17 bits per heavy atom. The topological polar surface area (TPSA) is 37.3 Å². The molecule has 0 aromatic rings. The second-order valence-corrected chi connectivity index (χ2v) is 9.44. The monoisotopic (exact) mass is 316 g/mol. The Morgan fingerprint density at radius 2 is 1.96 bits per heavy atom. The number of hydrogen-bond donors (Lipinski definition) is 1. The number of hydrogen-bond acceptors (Lipinski definition) is 2. The van der Waals surface area contributed by atoms with Crippen LogP contribution in [0.3, 0.4) is 0 Å². The van der Waals surface area contributed by atoms with Gasteiger partial charge in [0.25, 0.3) is 0 Å². The van der Waals surface area contributed by atoms with Crippen LogP contribution in [0, 0.1) is 34.5 Å². The van der Waals surface area contributed by atoms with Gasteiger partial charge in [0.15, 0.2) is 0 Å². The highest BCUT2D eigenvalue weighted by Crippen LogP contribution is 2.65. The molecule has 0 unspecified atom stereocenters. The number of carbonyl (C=O) groups excluding carboxylic acids is 1. The molecule has 2 heteroatoms. The van der Waals surface area contributed by atoms with Gasteiger partial charge in [0.2, 0.25) is 0 Å². The highest BCUT2D eigenvalue weighted by molar-refractivity contribution is 5.79. The standard InChI is InChI=1S/C21H32O2/c1-13(22)17-6-7-18-16-5-4-14-12-15(23)8-10-20(14,2)19(16)9-11-21(17,18)3/h9,14-18,23H,4-8,10-12H2,1-3H3/t14-,15+,16-,17+,18-,20-,21+/m0/s1. The van der Waals surface area contributed by atoms with Crippen LogP contribution in [-0.2, 0) is 4.79 Å². The smallest absolute Gasteiger partial charge is 0.133 e. The minimum Gasteiger partial charge on any atom is -0.393 e. The van der Waals surface area contributed by atoms with E-state index in [0.717, 1.165) is 32.1 Å². The fourth-order valence-corrected chi connectivity index (χ4v) is 7.17. The highest BCUT2D eigenvalue weighted by Gasteiger charge is 2.57. The molecule has 0 aromatic carbocycles. The largest absolute Gasteiger partial charge is 0.393 e. The fourth-order valence-electron chi connectivity index (χ4n) is 7.17. The predicted octanol–water partition coefficient (Wildman–Crippen LogP) is 4.52. The molecule has 4 rings (SSSR count). The molecule has 0 radical (unpaired) electrons. The molecule has 23 heavy (non-hydrogen) atoms. The molecular formula is C21H32O2. The predicted molar refractivity (Wildman–Crippen MR) is 91.9 cm³/mol. The van der Waals surface area contributed by atoms with Crippen LogP contribution in [0.25, 0.3) is 0 Å². The second-order valence-electron chi connectivity index (χ2n) is 9.44. The van der Waals surface area contributed by atoms with Gasteiger partial charge in [0.1, 0.15) is 5.78 Å². The van der Waals surface area contributed by atoms with Crippen molar-refractivity contribution in [3.63, 3.8) is 0 Å². The number of aliphatic hydroxyl groups excluding tert-OH is 1. The Bertz CT molecular complexity index is 550. The molecule has 0 saturated heterocycles. The lowest BCUT2D eigenvalue weighted by molar-refractivity contribution is -0.124. The van der Waals surface area contributed by atoms with Crippen molar-refractivity contribution in [2.24, 2.45) is 34.5 Å². The number of allylic oxidation sites excluding steroid dienone is 2. The Balaban J connectivity index is 1.68. The molecule has 0 spiro atoms. The lowest BCUT2D eigenvalue weighted by atomic mass is 9.48. The minimum absolute atomic E-state index is 0.0762. The quantitative estimate of drug-likeness (QED) is 0.722. The van der Waals surface area contributed by atoms with Crippen molar-refractivity contribution in [1.29, 1.82) is 0 Å². The Labute approximate surface area is 140 Å². The molecule has 2 nitrogen and oxygen atoms in total. The van der Waals surface area contributed by atoms with Crippen molar-refractivity contribution in [1.82, 2.24) is 0 Å².